The number of nitrogens with one attached hydrogen (secondary N) is 1. The molecular weight excluding hydrogens is 416 g/mol. The molecule has 164 valence electrons. The number of nitrogens with zero attached hydrogens (tertiary/aromatic N) is 1. The van der Waals surface area contributed by atoms with Crippen molar-refractivity contribution in [2.24, 2.45) is 0 Å². The standard InChI is InChI=1S/C22H20F4N2O3/c1-13-18-16(22(24,25)26)7-4-8-17(18)28(9-10-31-2)21(30)19(13)20(29)27-12-14-5-3-6-15(23)11-14/h3-8,11H,9-10,12H2,1-2H3,(H,27,29). The topological polar surface area (TPSA) is 60.3 Å². The summed E-state index contributed by atoms with van der Waals surface area (Å²) < 4.78 is 60.5. The summed E-state index contributed by atoms with van der Waals surface area (Å²) in [6, 6.07) is 9.04. The molecule has 0 spiro atoms. The van der Waals surface area contributed by atoms with Gasteiger partial charge in [0.2, 0.25) is 0 Å². The lowest BCUT2D eigenvalue weighted by Crippen LogP contribution is -2.35. The van der Waals surface area contributed by atoms with Crippen LogP contribution in [0.25, 0.3) is 10.9 Å². The molecule has 0 radical (unpaired) electrons. The van der Waals surface area contributed by atoms with Crippen LogP contribution in [0.3, 0.4) is 0 Å². The van der Waals surface area contributed by atoms with Gasteiger partial charge in [-0.05, 0) is 42.3 Å². The van der Waals surface area contributed by atoms with Crippen molar-refractivity contribution in [3.8, 4) is 0 Å². The number of benzene rings is 2. The maximum absolute atomic E-state index is 13.7. The van der Waals surface area contributed by atoms with Crippen molar-refractivity contribution in [2.45, 2.75) is 26.2 Å². The molecule has 0 atom stereocenters. The van der Waals surface area contributed by atoms with Crippen LogP contribution in [-0.4, -0.2) is 24.2 Å². The SMILES string of the molecule is COCCn1c(=O)c(C(=O)NCc2cccc(F)c2)c(C)c2c(C(F)(F)F)cccc21. The highest BCUT2D eigenvalue weighted by Crippen LogP contribution is 2.36. The first-order valence-corrected chi connectivity index (χ1v) is 9.40. The van der Waals surface area contributed by atoms with Gasteiger partial charge in [-0.2, -0.15) is 13.2 Å². The van der Waals surface area contributed by atoms with Crippen molar-refractivity contribution in [1.82, 2.24) is 9.88 Å². The van der Waals surface area contributed by atoms with E-state index in [1.807, 2.05) is 0 Å². The number of ether oxygens (including phenoxy) is 1. The molecule has 0 aliphatic rings. The van der Waals surface area contributed by atoms with E-state index in [4.69, 9.17) is 4.74 Å². The van der Waals surface area contributed by atoms with Crippen LogP contribution in [-0.2, 0) is 24.0 Å². The lowest BCUT2D eigenvalue weighted by molar-refractivity contribution is -0.136. The van der Waals surface area contributed by atoms with Gasteiger partial charge in [-0.3, -0.25) is 9.59 Å². The lowest BCUT2D eigenvalue weighted by atomic mass is 9.98. The predicted molar refractivity (Wildman–Crippen MR) is 107 cm³/mol. The number of aromatic nitrogens is 1. The van der Waals surface area contributed by atoms with Crippen molar-refractivity contribution in [1.29, 1.82) is 0 Å². The van der Waals surface area contributed by atoms with Crippen LogP contribution in [0.4, 0.5) is 17.6 Å². The first-order chi connectivity index (χ1) is 14.6. The van der Waals surface area contributed by atoms with Crippen molar-refractivity contribution < 1.29 is 27.1 Å². The van der Waals surface area contributed by atoms with Gasteiger partial charge in [-0.25, -0.2) is 4.39 Å². The highest BCUT2D eigenvalue weighted by molar-refractivity contribution is 6.01. The molecule has 3 rings (SSSR count). The van der Waals surface area contributed by atoms with E-state index in [0.29, 0.717) is 5.56 Å². The fraction of sp³-hybridized carbons (Fsp3) is 0.273. The average molecular weight is 436 g/mol. The second-order valence-electron chi connectivity index (χ2n) is 6.96. The number of amides is 1. The molecule has 0 saturated heterocycles. The Kier molecular flexibility index (Phi) is 6.45. The minimum atomic E-state index is -4.68. The Morgan fingerprint density at radius 2 is 1.87 bits per heavy atom. The predicted octanol–water partition coefficient (Wildman–Crippen LogP) is 4.04. The third-order valence-corrected chi connectivity index (χ3v) is 4.94. The largest absolute Gasteiger partial charge is 0.417 e. The smallest absolute Gasteiger partial charge is 0.383 e. The average Bonchev–Trinajstić information content (AvgIpc) is 2.71. The summed E-state index contributed by atoms with van der Waals surface area (Å²) >= 11 is 0. The Balaban J connectivity index is 2.15. The second-order valence-corrected chi connectivity index (χ2v) is 6.96. The fourth-order valence-electron chi connectivity index (χ4n) is 3.51. The summed E-state index contributed by atoms with van der Waals surface area (Å²) in [7, 11) is 1.40. The molecule has 0 aliphatic carbocycles. The van der Waals surface area contributed by atoms with Crippen LogP contribution >= 0.6 is 0 Å². The van der Waals surface area contributed by atoms with Crippen LogP contribution in [0.5, 0.6) is 0 Å². The molecule has 0 fully saturated rings. The third kappa shape index (κ3) is 4.61. The Morgan fingerprint density at radius 1 is 1.16 bits per heavy atom. The fourth-order valence-corrected chi connectivity index (χ4v) is 3.51. The number of rotatable bonds is 6. The van der Waals surface area contributed by atoms with Crippen molar-refractivity contribution in [3.05, 3.63) is 80.9 Å². The van der Waals surface area contributed by atoms with Gasteiger partial charge in [0, 0.05) is 25.6 Å². The molecule has 0 unspecified atom stereocenters. The maximum atomic E-state index is 13.7. The zero-order valence-corrected chi connectivity index (χ0v) is 16.8. The minimum absolute atomic E-state index is 0.0302. The summed E-state index contributed by atoms with van der Waals surface area (Å²) in [5, 5.41) is 2.28. The number of aryl methyl sites for hydroxylation is 1. The molecular formula is C22H20F4N2O3. The van der Waals surface area contributed by atoms with Gasteiger partial charge < -0.3 is 14.6 Å². The minimum Gasteiger partial charge on any atom is -0.383 e. The number of halogens is 4. The number of fused-ring (bicyclic) bond motifs is 1. The zero-order valence-electron chi connectivity index (χ0n) is 16.8. The van der Waals surface area contributed by atoms with Crippen molar-refractivity contribution >= 4 is 16.8 Å². The maximum Gasteiger partial charge on any atom is 0.417 e. The summed E-state index contributed by atoms with van der Waals surface area (Å²) in [6.45, 7) is 1.26. The summed E-state index contributed by atoms with van der Waals surface area (Å²) in [5.41, 5.74) is -1.61. The highest BCUT2D eigenvalue weighted by atomic mass is 19.4. The van der Waals surface area contributed by atoms with Gasteiger partial charge in [-0.1, -0.05) is 18.2 Å². The monoisotopic (exact) mass is 436 g/mol. The molecule has 2 aromatic carbocycles. The number of methoxy groups -OCH3 is 1. The normalized spacial score (nSPS) is 11.7. The van der Waals surface area contributed by atoms with Gasteiger partial charge in [-0.15, -0.1) is 0 Å². The second kappa shape index (κ2) is 8.89. The Morgan fingerprint density at radius 3 is 2.52 bits per heavy atom. The number of pyridine rings is 1. The first kappa shape index (κ1) is 22.5. The third-order valence-electron chi connectivity index (χ3n) is 4.94. The number of alkyl halides is 3. The molecule has 1 aromatic heterocycles. The molecule has 31 heavy (non-hydrogen) atoms. The summed E-state index contributed by atoms with van der Waals surface area (Å²) in [5.74, 6) is -1.33. The molecule has 3 aromatic rings. The van der Waals surface area contributed by atoms with E-state index < -0.39 is 34.6 Å². The molecule has 1 amide bonds. The van der Waals surface area contributed by atoms with E-state index in [1.165, 1.54) is 44.4 Å². The quantitative estimate of drug-likeness (QED) is 0.594. The molecule has 1 heterocycles. The molecule has 0 saturated carbocycles. The van der Waals surface area contributed by atoms with Gasteiger partial charge in [0.25, 0.3) is 11.5 Å². The lowest BCUT2D eigenvalue weighted by Gasteiger charge is -2.19. The molecule has 1 N–H and O–H groups in total. The van der Waals surface area contributed by atoms with Crippen molar-refractivity contribution in [3.63, 3.8) is 0 Å². The van der Waals surface area contributed by atoms with E-state index in [-0.39, 0.29) is 36.2 Å². The molecule has 5 nitrogen and oxygen atoms in total. The number of carbonyl (C=O) groups is 1. The zero-order chi connectivity index (χ0) is 22.8. The Hall–Kier alpha value is -3.20. The number of carbonyl (C=O) groups excluding carboxylic acids is 1. The number of hydrogen-bond donors (Lipinski definition) is 1. The van der Waals surface area contributed by atoms with E-state index in [0.717, 1.165) is 10.6 Å². The molecule has 0 aliphatic heterocycles. The Bertz CT molecular complexity index is 1190. The summed E-state index contributed by atoms with van der Waals surface area (Å²) in [6.07, 6.45) is -4.68. The highest BCUT2D eigenvalue weighted by Gasteiger charge is 2.34. The van der Waals surface area contributed by atoms with Crippen LogP contribution in [0, 0.1) is 12.7 Å². The first-order valence-electron chi connectivity index (χ1n) is 9.40. The van der Waals surface area contributed by atoms with Crippen LogP contribution in [0.2, 0.25) is 0 Å². The van der Waals surface area contributed by atoms with Gasteiger partial charge in [0.1, 0.15) is 11.4 Å². The van der Waals surface area contributed by atoms with E-state index in [1.54, 1.807) is 6.07 Å². The van der Waals surface area contributed by atoms with Crippen LogP contribution < -0.4 is 10.9 Å². The van der Waals surface area contributed by atoms with Gasteiger partial charge in [0.15, 0.2) is 0 Å². The molecule has 9 heteroatoms. The van der Waals surface area contributed by atoms with E-state index in [2.05, 4.69) is 5.32 Å². The van der Waals surface area contributed by atoms with Crippen molar-refractivity contribution in [2.75, 3.05) is 13.7 Å². The van der Waals surface area contributed by atoms with E-state index in [9.17, 15) is 27.2 Å². The Labute approximate surface area is 175 Å². The number of hydrogen-bond acceptors (Lipinski definition) is 3. The molecule has 0 bridgehead atoms. The van der Waals surface area contributed by atoms with Gasteiger partial charge >= 0.3 is 6.18 Å². The van der Waals surface area contributed by atoms with Crippen LogP contribution in [0.15, 0.2) is 47.3 Å². The van der Waals surface area contributed by atoms with Gasteiger partial charge in [0.05, 0.1) is 17.7 Å². The summed E-state index contributed by atoms with van der Waals surface area (Å²) in [4.78, 5) is 25.9. The van der Waals surface area contributed by atoms with Crippen LogP contribution in [0.1, 0.15) is 27.0 Å². The van der Waals surface area contributed by atoms with E-state index >= 15 is 0 Å².